The molecule has 86 valence electrons. The predicted molar refractivity (Wildman–Crippen MR) is 68.3 cm³/mol. The van der Waals surface area contributed by atoms with Crippen LogP contribution < -0.4 is 0 Å². The Kier molecular flexibility index (Phi) is 2.44. The molecule has 2 aromatic carbocycles. The summed E-state index contributed by atoms with van der Waals surface area (Å²) in [5.74, 6) is 0.559. The quantitative estimate of drug-likeness (QED) is 0.374. The molecule has 0 N–H and O–H groups in total. The molecule has 5 nitrogen and oxygen atoms in total. The summed E-state index contributed by atoms with van der Waals surface area (Å²) >= 11 is 0. The molecule has 0 fully saturated rings. The molecule has 18 heavy (non-hydrogen) atoms. The molecule has 0 unspecified atom stereocenters. The minimum Gasteiger partial charge on any atom is -0.436 e. The van der Waals surface area contributed by atoms with Gasteiger partial charge in [0.25, 0.3) is 0 Å². The van der Waals surface area contributed by atoms with Crippen molar-refractivity contribution in [3.8, 4) is 11.5 Å². The van der Waals surface area contributed by atoms with Gasteiger partial charge in [0.1, 0.15) is 5.52 Å². The van der Waals surface area contributed by atoms with Crippen LogP contribution in [0.3, 0.4) is 0 Å². The molecule has 0 spiro atoms. The van der Waals surface area contributed by atoms with Crippen LogP contribution in [0.2, 0.25) is 0 Å². The van der Waals surface area contributed by atoms with E-state index in [4.69, 9.17) is 9.95 Å². The van der Waals surface area contributed by atoms with E-state index in [9.17, 15) is 0 Å². The molecule has 0 aliphatic rings. The average molecular weight is 236 g/mol. The Balaban J connectivity index is 2.14. The number of aromatic nitrogens is 1. The zero-order valence-corrected chi connectivity index (χ0v) is 9.32. The van der Waals surface area contributed by atoms with Crippen LogP contribution in [-0.2, 0) is 0 Å². The van der Waals surface area contributed by atoms with Crippen molar-refractivity contribution in [1.82, 2.24) is 4.98 Å². The molecule has 0 radical (unpaired) electrons. The van der Waals surface area contributed by atoms with Gasteiger partial charge in [-0.1, -0.05) is 29.4 Å². The molecule has 3 rings (SSSR count). The number of benzene rings is 2. The highest BCUT2D eigenvalue weighted by Gasteiger charge is 2.07. The van der Waals surface area contributed by atoms with Crippen LogP contribution in [-0.4, -0.2) is 4.98 Å². The van der Waals surface area contributed by atoms with E-state index in [2.05, 4.69) is 15.0 Å². The van der Waals surface area contributed by atoms with Crippen molar-refractivity contribution in [3.63, 3.8) is 0 Å². The largest absolute Gasteiger partial charge is 0.436 e. The van der Waals surface area contributed by atoms with Gasteiger partial charge in [0, 0.05) is 16.2 Å². The summed E-state index contributed by atoms with van der Waals surface area (Å²) in [5.41, 5.74) is 11.2. The third kappa shape index (κ3) is 1.79. The summed E-state index contributed by atoms with van der Waals surface area (Å²) in [5, 5.41) is 3.53. The van der Waals surface area contributed by atoms with Crippen molar-refractivity contribution >= 4 is 16.8 Å². The maximum absolute atomic E-state index is 8.39. The fraction of sp³-hybridized carbons (Fsp3) is 0. The maximum atomic E-state index is 8.39. The highest BCUT2D eigenvalue weighted by Crippen LogP contribution is 2.26. The lowest BCUT2D eigenvalue weighted by atomic mass is 10.2. The Morgan fingerprint density at radius 1 is 1.11 bits per heavy atom. The van der Waals surface area contributed by atoms with Crippen LogP contribution in [0, 0.1) is 0 Å². The second-order valence-corrected chi connectivity index (χ2v) is 3.73. The smallest absolute Gasteiger partial charge is 0.227 e. The number of hydrogen-bond donors (Lipinski definition) is 0. The van der Waals surface area contributed by atoms with Crippen molar-refractivity contribution in [2.75, 3.05) is 0 Å². The Morgan fingerprint density at radius 2 is 1.94 bits per heavy atom. The molecule has 5 heteroatoms. The Bertz CT molecular complexity index is 742. The third-order valence-corrected chi connectivity index (χ3v) is 2.55. The van der Waals surface area contributed by atoms with E-state index in [1.54, 1.807) is 18.2 Å². The third-order valence-electron chi connectivity index (χ3n) is 2.55. The Labute approximate surface area is 102 Å². The lowest BCUT2D eigenvalue weighted by Gasteiger charge is -1.91. The summed E-state index contributed by atoms with van der Waals surface area (Å²) in [7, 11) is 0. The standard InChI is InChI=1S/C13H8N4O/c14-17-16-10-6-7-11-12(8-10)18-13(15-11)9-4-2-1-3-5-9/h1-8H. The Hall–Kier alpha value is -2.78. The highest BCUT2D eigenvalue weighted by atomic mass is 16.3. The molecule has 3 aromatic rings. The van der Waals surface area contributed by atoms with Crippen LogP contribution in [0.5, 0.6) is 0 Å². The summed E-state index contributed by atoms with van der Waals surface area (Å²) in [6.07, 6.45) is 0. The first-order chi connectivity index (χ1) is 8.86. The lowest BCUT2D eigenvalue weighted by molar-refractivity contribution is 0.620. The van der Waals surface area contributed by atoms with Gasteiger partial charge in [0.2, 0.25) is 5.89 Å². The van der Waals surface area contributed by atoms with Crippen LogP contribution in [0.15, 0.2) is 58.1 Å². The molecule has 0 saturated heterocycles. The molecule has 0 aliphatic carbocycles. The SMILES string of the molecule is [N-]=[N+]=Nc1ccc2nc(-c3ccccc3)oc2c1. The zero-order chi connectivity index (χ0) is 12.4. The number of hydrogen-bond acceptors (Lipinski definition) is 3. The van der Waals surface area contributed by atoms with Crippen LogP contribution in [0.1, 0.15) is 0 Å². The van der Waals surface area contributed by atoms with E-state index in [0.29, 0.717) is 17.2 Å². The van der Waals surface area contributed by atoms with Gasteiger partial charge in [0.05, 0.1) is 0 Å². The van der Waals surface area contributed by atoms with Gasteiger partial charge in [-0.3, -0.25) is 0 Å². The van der Waals surface area contributed by atoms with Crippen molar-refractivity contribution in [2.24, 2.45) is 5.11 Å². The number of nitrogens with zero attached hydrogens (tertiary/aromatic N) is 4. The summed E-state index contributed by atoms with van der Waals surface area (Å²) in [6, 6.07) is 14.8. The van der Waals surface area contributed by atoms with E-state index >= 15 is 0 Å². The second-order valence-electron chi connectivity index (χ2n) is 3.73. The van der Waals surface area contributed by atoms with Crippen molar-refractivity contribution in [2.45, 2.75) is 0 Å². The Morgan fingerprint density at radius 3 is 2.72 bits per heavy atom. The van der Waals surface area contributed by atoms with Gasteiger partial charge < -0.3 is 4.42 Å². The average Bonchev–Trinajstić information content (AvgIpc) is 2.83. The van der Waals surface area contributed by atoms with Gasteiger partial charge in [-0.05, 0) is 29.8 Å². The van der Waals surface area contributed by atoms with Gasteiger partial charge in [-0.2, -0.15) is 0 Å². The molecule has 0 atom stereocenters. The predicted octanol–water partition coefficient (Wildman–Crippen LogP) is 4.44. The summed E-state index contributed by atoms with van der Waals surface area (Å²) < 4.78 is 5.65. The molecule has 1 aromatic heterocycles. The first kappa shape index (κ1) is 10.4. The minimum atomic E-state index is 0.515. The van der Waals surface area contributed by atoms with Gasteiger partial charge >= 0.3 is 0 Å². The van der Waals surface area contributed by atoms with Crippen LogP contribution >= 0.6 is 0 Å². The van der Waals surface area contributed by atoms with E-state index in [-0.39, 0.29) is 0 Å². The van der Waals surface area contributed by atoms with Gasteiger partial charge in [-0.25, -0.2) is 4.98 Å². The van der Waals surface area contributed by atoms with E-state index in [1.807, 2.05) is 30.3 Å². The molecular formula is C13H8N4O. The monoisotopic (exact) mass is 236 g/mol. The fourth-order valence-electron chi connectivity index (χ4n) is 1.73. The summed E-state index contributed by atoms with van der Waals surface area (Å²) in [4.78, 5) is 7.12. The molecule has 0 bridgehead atoms. The first-order valence-corrected chi connectivity index (χ1v) is 5.38. The fourth-order valence-corrected chi connectivity index (χ4v) is 1.73. The minimum absolute atomic E-state index is 0.515. The number of oxazole rings is 1. The molecule has 0 aliphatic heterocycles. The van der Waals surface area contributed by atoms with Crippen molar-refractivity contribution in [1.29, 1.82) is 0 Å². The van der Waals surface area contributed by atoms with Crippen LogP contribution in [0.25, 0.3) is 33.0 Å². The second kappa shape index (κ2) is 4.24. The van der Waals surface area contributed by atoms with E-state index in [1.165, 1.54) is 0 Å². The van der Waals surface area contributed by atoms with Gasteiger partial charge in [-0.15, -0.1) is 0 Å². The lowest BCUT2D eigenvalue weighted by Crippen LogP contribution is -1.74. The topological polar surface area (TPSA) is 74.8 Å². The maximum Gasteiger partial charge on any atom is 0.227 e. The molecule has 0 saturated carbocycles. The molecule has 0 amide bonds. The van der Waals surface area contributed by atoms with E-state index in [0.717, 1.165) is 11.1 Å². The zero-order valence-electron chi connectivity index (χ0n) is 9.32. The van der Waals surface area contributed by atoms with Crippen molar-refractivity contribution < 1.29 is 4.42 Å². The number of fused-ring (bicyclic) bond motifs is 1. The van der Waals surface area contributed by atoms with Crippen LogP contribution in [0.4, 0.5) is 5.69 Å². The number of rotatable bonds is 2. The molecule has 1 heterocycles. The van der Waals surface area contributed by atoms with Gasteiger partial charge in [0.15, 0.2) is 5.58 Å². The highest BCUT2D eigenvalue weighted by molar-refractivity contribution is 5.79. The summed E-state index contributed by atoms with van der Waals surface area (Å²) in [6.45, 7) is 0. The normalized spacial score (nSPS) is 10.2. The first-order valence-electron chi connectivity index (χ1n) is 5.38. The van der Waals surface area contributed by atoms with Crippen molar-refractivity contribution in [3.05, 3.63) is 59.0 Å². The van der Waals surface area contributed by atoms with E-state index < -0.39 is 0 Å². The molecular weight excluding hydrogens is 228 g/mol. The number of azide groups is 1.